The molecule has 1 heterocycles. The summed E-state index contributed by atoms with van der Waals surface area (Å²) in [6.45, 7) is 2.38. The van der Waals surface area contributed by atoms with Crippen molar-refractivity contribution >= 4 is 17.3 Å². The third-order valence-electron chi connectivity index (χ3n) is 2.37. The predicted octanol–water partition coefficient (Wildman–Crippen LogP) is 0.463. The summed E-state index contributed by atoms with van der Waals surface area (Å²) in [5.74, 6) is 1.06. The van der Waals surface area contributed by atoms with E-state index in [1.165, 1.54) is 0 Å². The molecule has 0 saturated carbocycles. The van der Waals surface area contributed by atoms with E-state index in [1.54, 1.807) is 13.3 Å². The zero-order chi connectivity index (χ0) is 12.5. The van der Waals surface area contributed by atoms with Gasteiger partial charge in [0.05, 0.1) is 0 Å². The van der Waals surface area contributed by atoms with Gasteiger partial charge in [-0.25, -0.2) is 4.98 Å². The van der Waals surface area contributed by atoms with E-state index in [2.05, 4.69) is 15.6 Å². The number of rotatable bonds is 7. The maximum absolute atomic E-state index is 5.14. The minimum absolute atomic E-state index is 0.690. The maximum atomic E-state index is 5.14. The number of hydrogen-bond donors (Lipinski definition) is 2. The van der Waals surface area contributed by atoms with E-state index in [-0.39, 0.29) is 0 Å². The van der Waals surface area contributed by atoms with Crippen LogP contribution in [0, 0.1) is 0 Å². The van der Waals surface area contributed by atoms with Crippen molar-refractivity contribution in [3.63, 3.8) is 0 Å². The molecule has 1 aromatic rings. The van der Waals surface area contributed by atoms with Crippen LogP contribution >= 0.6 is 12.2 Å². The van der Waals surface area contributed by atoms with Gasteiger partial charge in [-0.15, -0.1) is 0 Å². The number of aromatic nitrogens is 2. The fraction of sp³-hybridized carbons (Fsp3) is 0.636. The highest BCUT2D eigenvalue weighted by atomic mass is 32.1. The summed E-state index contributed by atoms with van der Waals surface area (Å²) in [4.78, 5) is 4.24. The highest BCUT2D eigenvalue weighted by Crippen LogP contribution is 1.93. The minimum atomic E-state index is 0.690. The molecule has 0 atom stereocenters. The number of methoxy groups -OCH3 is 1. The first-order valence-corrected chi connectivity index (χ1v) is 6.11. The number of hydrogen-bond acceptors (Lipinski definition) is 3. The third-order valence-corrected chi connectivity index (χ3v) is 2.65. The van der Waals surface area contributed by atoms with Crippen LogP contribution in [-0.4, -0.2) is 41.5 Å². The Bertz CT molecular complexity index is 340. The fourth-order valence-electron chi connectivity index (χ4n) is 1.41. The average Bonchev–Trinajstić information content (AvgIpc) is 2.71. The standard InChI is InChI=1S/C11H20N4OS/c1-15-8-7-12-10(15)4-6-14-11(17)13-5-3-9-16-2/h7-8H,3-6,9H2,1-2H3,(H2,13,14,17). The fourth-order valence-corrected chi connectivity index (χ4v) is 1.61. The second-order valence-electron chi connectivity index (χ2n) is 3.73. The summed E-state index contributed by atoms with van der Waals surface area (Å²) in [5.41, 5.74) is 0. The Labute approximate surface area is 108 Å². The van der Waals surface area contributed by atoms with E-state index in [9.17, 15) is 0 Å². The van der Waals surface area contributed by atoms with Crippen molar-refractivity contribution in [1.29, 1.82) is 0 Å². The molecule has 2 N–H and O–H groups in total. The SMILES string of the molecule is COCCCNC(=S)NCCc1nccn1C. The molecule has 0 aliphatic carbocycles. The average molecular weight is 256 g/mol. The zero-order valence-corrected chi connectivity index (χ0v) is 11.2. The molecular weight excluding hydrogens is 236 g/mol. The molecule has 0 aliphatic heterocycles. The van der Waals surface area contributed by atoms with Gasteiger partial charge in [0.25, 0.3) is 0 Å². The van der Waals surface area contributed by atoms with E-state index in [0.717, 1.165) is 38.4 Å². The first-order valence-electron chi connectivity index (χ1n) is 5.71. The molecule has 1 aromatic heterocycles. The van der Waals surface area contributed by atoms with E-state index in [4.69, 9.17) is 17.0 Å². The Balaban J connectivity index is 2.06. The van der Waals surface area contributed by atoms with E-state index in [1.807, 2.05) is 17.8 Å². The number of thiocarbonyl (C=S) groups is 1. The predicted molar refractivity (Wildman–Crippen MR) is 72.0 cm³/mol. The monoisotopic (exact) mass is 256 g/mol. The van der Waals surface area contributed by atoms with Gasteiger partial charge in [0.1, 0.15) is 5.82 Å². The van der Waals surface area contributed by atoms with Gasteiger partial charge in [0, 0.05) is 52.7 Å². The molecule has 5 nitrogen and oxygen atoms in total. The van der Waals surface area contributed by atoms with Crippen LogP contribution in [0.3, 0.4) is 0 Å². The molecule has 0 saturated heterocycles. The van der Waals surface area contributed by atoms with Crippen LogP contribution in [0.15, 0.2) is 12.4 Å². The van der Waals surface area contributed by atoms with Crippen LogP contribution in [-0.2, 0) is 18.2 Å². The summed E-state index contributed by atoms with van der Waals surface area (Å²) >= 11 is 5.14. The number of imidazole rings is 1. The van der Waals surface area contributed by atoms with Gasteiger partial charge < -0.3 is 19.9 Å². The second-order valence-corrected chi connectivity index (χ2v) is 4.14. The van der Waals surface area contributed by atoms with E-state index >= 15 is 0 Å². The van der Waals surface area contributed by atoms with Crippen molar-refractivity contribution in [2.24, 2.45) is 7.05 Å². The van der Waals surface area contributed by atoms with Gasteiger partial charge in [-0.2, -0.15) is 0 Å². The molecule has 0 fully saturated rings. The number of nitrogens with one attached hydrogen (secondary N) is 2. The Morgan fingerprint density at radius 2 is 2.24 bits per heavy atom. The summed E-state index contributed by atoms with van der Waals surface area (Å²) < 4.78 is 6.96. The zero-order valence-electron chi connectivity index (χ0n) is 10.4. The molecule has 17 heavy (non-hydrogen) atoms. The molecule has 0 aromatic carbocycles. The van der Waals surface area contributed by atoms with E-state index in [0.29, 0.717) is 5.11 Å². The van der Waals surface area contributed by atoms with Gasteiger partial charge in [0.15, 0.2) is 5.11 Å². The molecule has 0 bridgehead atoms. The van der Waals surface area contributed by atoms with Crippen LogP contribution in [0.25, 0.3) is 0 Å². The van der Waals surface area contributed by atoms with Crippen molar-refractivity contribution in [2.45, 2.75) is 12.8 Å². The molecule has 0 amide bonds. The van der Waals surface area contributed by atoms with Gasteiger partial charge in [0.2, 0.25) is 0 Å². The first kappa shape index (κ1) is 13.9. The largest absolute Gasteiger partial charge is 0.385 e. The summed E-state index contributed by atoms with van der Waals surface area (Å²) in [6.07, 6.45) is 5.56. The van der Waals surface area contributed by atoms with Crippen LogP contribution in [0.4, 0.5) is 0 Å². The summed E-state index contributed by atoms with van der Waals surface area (Å²) in [6, 6.07) is 0. The molecule has 0 aliphatic rings. The quantitative estimate of drug-likeness (QED) is 0.548. The van der Waals surface area contributed by atoms with E-state index < -0.39 is 0 Å². The second kappa shape index (κ2) is 8.03. The van der Waals surface area contributed by atoms with Crippen LogP contribution in [0.2, 0.25) is 0 Å². The Hall–Kier alpha value is -1.14. The van der Waals surface area contributed by atoms with Crippen LogP contribution in [0.1, 0.15) is 12.2 Å². The Morgan fingerprint density at radius 3 is 2.88 bits per heavy atom. The lowest BCUT2D eigenvalue weighted by atomic mass is 10.4. The number of ether oxygens (including phenoxy) is 1. The van der Waals surface area contributed by atoms with Crippen molar-refractivity contribution < 1.29 is 4.74 Å². The molecule has 0 radical (unpaired) electrons. The van der Waals surface area contributed by atoms with Crippen LogP contribution in [0.5, 0.6) is 0 Å². The minimum Gasteiger partial charge on any atom is -0.385 e. The molecule has 1 rings (SSSR count). The molecule has 6 heteroatoms. The lowest BCUT2D eigenvalue weighted by molar-refractivity contribution is 0.195. The van der Waals surface area contributed by atoms with Crippen molar-refractivity contribution in [2.75, 3.05) is 26.8 Å². The Morgan fingerprint density at radius 1 is 1.47 bits per heavy atom. The molecule has 0 unspecified atom stereocenters. The normalized spacial score (nSPS) is 10.2. The van der Waals surface area contributed by atoms with Gasteiger partial charge in [-0.1, -0.05) is 0 Å². The van der Waals surface area contributed by atoms with Gasteiger partial charge >= 0.3 is 0 Å². The van der Waals surface area contributed by atoms with Crippen molar-refractivity contribution in [1.82, 2.24) is 20.2 Å². The van der Waals surface area contributed by atoms with Gasteiger partial charge in [-0.05, 0) is 18.6 Å². The van der Waals surface area contributed by atoms with Gasteiger partial charge in [-0.3, -0.25) is 0 Å². The summed E-state index contributed by atoms with van der Waals surface area (Å²) in [5, 5.41) is 6.97. The summed E-state index contributed by atoms with van der Waals surface area (Å²) in [7, 11) is 3.69. The smallest absolute Gasteiger partial charge is 0.166 e. The lowest BCUT2D eigenvalue weighted by Crippen LogP contribution is -2.37. The molecule has 96 valence electrons. The highest BCUT2D eigenvalue weighted by Gasteiger charge is 1.99. The Kier molecular flexibility index (Phi) is 6.57. The van der Waals surface area contributed by atoms with Crippen molar-refractivity contribution in [3.8, 4) is 0 Å². The molecular formula is C11H20N4OS. The highest BCUT2D eigenvalue weighted by molar-refractivity contribution is 7.80. The topological polar surface area (TPSA) is 51.1 Å². The van der Waals surface area contributed by atoms with Crippen molar-refractivity contribution in [3.05, 3.63) is 18.2 Å². The first-order chi connectivity index (χ1) is 8.24. The van der Waals surface area contributed by atoms with Crippen LogP contribution < -0.4 is 10.6 Å². The maximum Gasteiger partial charge on any atom is 0.166 e. The number of aryl methyl sites for hydroxylation is 1. The molecule has 0 spiro atoms. The number of nitrogens with zero attached hydrogens (tertiary/aromatic N) is 2. The lowest BCUT2D eigenvalue weighted by Gasteiger charge is -2.10. The third kappa shape index (κ3) is 5.65.